The molecule has 10 heteroatoms. The molecule has 1 aromatic heterocycles. The number of carbonyl (C=O) groups excluding carboxylic acids is 1. The lowest BCUT2D eigenvalue weighted by Crippen LogP contribution is -2.27. The molecule has 9 nitrogen and oxygen atoms in total. The van der Waals surface area contributed by atoms with E-state index < -0.39 is 10.0 Å². The summed E-state index contributed by atoms with van der Waals surface area (Å²) in [5.74, 6) is 2.00. The van der Waals surface area contributed by atoms with Crippen LogP contribution in [-0.4, -0.2) is 49.1 Å². The molecular formula is C22H26N4O5S. The molecule has 4 rings (SSSR count). The normalized spacial score (nSPS) is 14.2. The van der Waals surface area contributed by atoms with Gasteiger partial charge in [0.1, 0.15) is 5.82 Å². The van der Waals surface area contributed by atoms with Crippen LogP contribution >= 0.6 is 0 Å². The van der Waals surface area contributed by atoms with Crippen molar-refractivity contribution < 1.29 is 22.7 Å². The highest BCUT2D eigenvalue weighted by molar-refractivity contribution is 7.89. The summed E-state index contributed by atoms with van der Waals surface area (Å²) in [5, 5.41) is 3.00. The van der Waals surface area contributed by atoms with Crippen molar-refractivity contribution >= 4 is 27.0 Å². The van der Waals surface area contributed by atoms with E-state index in [2.05, 4.69) is 10.3 Å². The lowest BCUT2D eigenvalue weighted by Gasteiger charge is -2.15. The molecule has 2 heterocycles. The van der Waals surface area contributed by atoms with Gasteiger partial charge in [-0.05, 0) is 42.8 Å². The summed E-state index contributed by atoms with van der Waals surface area (Å²) in [4.78, 5) is 17.3. The van der Waals surface area contributed by atoms with E-state index in [0.717, 1.165) is 11.1 Å². The van der Waals surface area contributed by atoms with Crippen molar-refractivity contribution in [3.63, 3.8) is 0 Å². The van der Waals surface area contributed by atoms with Crippen LogP contribution in [0.5, 0.6) is 11.5 Å². The van der Waals surface area contributed by atoms with Gasteiger partial charge in [-0.3, -0.25) is 4.79 Å². The molecule has 0 bridgehead atoms. The first-order valence-electron chi connectivity index (χ1n) is 10.2. The van der Waals surface area contributed by atoms with Gasteiger partial charge in [-0.1, -0.05) is 6.07 Å². The van der Waals surface area contributed by atoms with Crippen LogP contribution in [0, 0.1) is 0 Å². The third-order valence-electron chi connectivity index (χ3n) is 5.57. The molecule has 1 aliphatic rings. The predicted molar refractivity (Wildman–Crippen MR) is 119 cm³/mol. The number of hydrogen-bond donors (Lipinski definition) is 1. The fourth-order valence-corrected chi connectivity index (χ4v) is 4.55. The van der Waals surface area contributed by atoms with Crippen molar-refractivity contribution in [2.45, 2.75) is 30.7 Å². The summed E-state index contributed by atoms with van der Waals surface area (Å²) in [6.07, 6.45) is 0.690. The number of rotatable bonds is 7. The molecule has 0 saturated carbocycles. The Morgan fingerprint density at radius 2 is 1.94 bits per heavy atom. The highest BCUT2D eigenvalue weighted by Crippen LogP contribution is 2.34. The standard InChI is InChI=1S/C22H26N4O5S/c1-14(15-5-8-19-20(11-15)31-13-30-19)23-22(27)10-9-21-24-17-12-16(32(28,29)25(2)3)6-7-18(17)26(21)4/h5-8,11-12,14H,9-10,13H2,1-4H3,(H,23,27). The van der Waals surface area contributed by atoms with Gasteiger partial charge in [-0.2, -0.15) is 0 Å². The molecule has 0 radical (unpaired) electrons. The highest BCUT2D eigenvalue weighted by atomic mass is 32.2. The summed E-state index contributed by atoms with van der Waals surface area (Å²) in [6.45, 7) is 2.12. The fraction of sp³-hybridized carbons (Fsp3) is 0.364. The van der Waals surface area contributed by atoms with Crippen LogP contribution in [0.25, 0.3) is 11.0 Å². The van der Waals surface area contributed by atoms with Gasteiger partial charge < -0.3 is 19.4 Å². The number of benzene rings is 2. The third-order valence-corrected chi connectivity index (χ3v) is 7.38. The number of sulfonamides is 1. The largest absolute Gasteiger partial charge is 0.454 e. The number of ether oxygens (including phenoxy) is 2. The minimum Gasteiger partial charge on any atom is -0.454 e. The fourth-order valence-electron chi connectivity index (χ4n) is 3.63. The predicted octanol–water partition coefficient (Wildman–Crippen LogP) is 2.36. The molecular weight excluding hydrogens is 432 g/mol. The van der Waals surface area contributed by atoms with Crippen molar-refractivity contribution in [3.05, 3.63) is 47.8 Å². The van der Waals surface area contributed by atoms with Gasteiger partial charge in [0.25, 0.3) is 0 Å². The smallest absolute Gasteiger partial charge is 0.242 e. The Morgan fingerprint density at radius 3 is 2.69 bits per heavy atom. The molecule has 3 aromatic rings. The van der Waals surface area contributed by atoms with Gasteiger partial charge in [-0.15, -0.1) is 0 Å². The summed E-state index contributed by atoms with van der Waals surface area (Å²) < 4.78 is 38.5. The van der Waals surface area contributed by atoms with Crippen molar-refractivity contribution in [2.24, 2.45) is 7.05 Å². The lowest BCUT2D eigenvalue weighted by molar-refractivity contribution is -0.121. The van der Waals surface area contributed by atoms with Crippen molar-refractivity contribution in [1.29, 1.82) is 0 Å². The Morgan fingerprint density at radius 1 is 1.19 bits per heavy atom. The van der Waals surface area contributed by atoms with Crippen LogP contribution < -0.4 is 14.8 Å². The first-order valence-corrected chi connectivity index (χ1v) is 11.7. The van der Waals surface area contributed by atoms with Crippen molar-refractivity contribution in [2.75, 3.05) is 20.9 Å². The number of imidazole rings is 1. The summed E-state index contributed by atoms with van der Waals surface area (Å²) in [7, 11) is 1.31. The Kier molecular flexibility index (Phi) is 5.83. The zero-order valence-electron chi connectivity index (χ0n) is 18.5. The van der Waals surface area contributed by atoms with Gasteiger partial charge in [-0.25, -0.2) is 17.7 Å². The SMILES string of the molecule is CC(NC(=O)CCc1nc2cc(S(=O)(=O)N(C)C)ccc2n1C)c1ccc2c(c1)OCO2. The van der Waals surface area contributed by atoms with E-state index in [4.69, 9.17) is 9.47 Å². The van der Waals surface area contributed by atoms with Crippen LogP contribution in [-0.2, 0) is 28.3 Å². The first kappa shape index (κ1) is 22.1. The summed E-state index contributed by atoms with van der Waals surface area (Å²) in [5.41, 5.74) is 2.33. The van der Waals surface area contributed by atoms with Crippen molar-refractivity contribution in [3.8, 4) is 11.5 Å². The van der Waals surface area contributed by atoms with Gasteiger partial charge in [0.05, 0.1) is 22.0 Å². The Bertz CT molecular complexity index is 1280. The molecule has 170 valence electrons. The zero-order valence-corrected chi connectivity index (χ0v) is 19.3. The molecule has 1 N–H and O–H groups in total. The van der Waals surface area contributed by atoms with Crippen LogP contribution in [0.15, 0.2) is 41.3 Å². The number of nitrogens with zero attached hydrogens (tertiary/aromatic N) is 3. The number of fused-ring (bicyclic) bond motifs is 2. The molecule has 0 spiro atoms. The topological polar surface area (TPSA) is 103 Å². The number of aromatic nitrogens is 2. The average Bonchev–Trinajstić information content (AvgIpc) is 3.35. The first-order chi connectivity index (χ1) is 15.2. The molecule has 0 fully saturated rings. The molecule has 1 amide bonds. The maximum Gasteiger partial charge on any atom is 0.242 e. The minimum absolute atomic E-state index is 0.0990. The van der Waals surface area contributed by atoms with Gasteiger partial charge in [0.2, 0.25) is 22.7 Å². The quantitative estimate of drug-likeness (QED) is 0.583. The molecule has 1 atom stereocenters. The molecule has 0 saturated heterocycles. The zero-order chi connectivity index (χ0) is 23.0. The number of hydrogen-bond acceptors (Lipinski definition) is 6. The number of amides is 1. The Hall–Kier alpha value is -3.11. The van der Waals surface area contributed by atoms with E-state index in [-0.39, 0.29) is 30.1 Å². The molecule has 0 aliphatic carbocycles. The van der Waals surface area contributed by atoms with E-state index in [1.54, 1.807) is 18.2 Å². The molecule has 2 aromatic carbocycles. The second-order valence-corrected chi connectivity index (χ2v) is 10.1. The number of nitrogens with one attached hydrogen (secondary N) is 1. The van der Waals surface area contributed by atoms with Gasteiger partial charge in [0.15, 0.2) is 11.5 Å². The van der Waals surface area contributed by atoms with E-state index in [1.165, 1.54) is 18.4 Å². The minimum atomic E-state index is -3.54. The second kappa shape index (κ2) is 8.44. The second-order valence-electron chi connectivity index (χ2n) is 7.93. The van der Waals surface area contributed by atoms with Crippen molar-refractivity contribution in [1.82, 2.24) is 19.2 Å². The summed E-state index contributed by atoms with van der Waals surface area (Å²) >= 11 is 0. The maximum absolute atomic E-state index is 12.5. The molecule has 32 heavy (non-hydrogen) atoms. The van der Waals surface area contributed by atoms with E-state index in [0.29, 0.717) is 29.3 Å². The maximum atomic E-state index is 12.5. The average molecular weight is 459 g/mol. The third kappa shape index (κ3) is 4.15. The van der Waals surface area contributed by atoms with E-state index in [9.17, 15) is 13.2 Å². The monoisotopic (exact) mass is 458 g/mol. The van der Waals surface area contributed by atoms with E-state index >= 15 is 0 Å². The Balaban J connectivity index is 1.43. The summed E-state index contributed by atoms with van der Waals surface area (Å²) in [6, 6.07) is 10.3. The van der Waals surface area contributed by atoms with E-state index in [1.807, 2.05) is 36.7 Å². The van der Waals surface area contributed by atoms with Crippen LogP contribution in [0.3, 0.4) is 0 Å². The van der Waals surface area contributed by atoms with Crippen LogP contribution in [0.2, 0.25) is 0 Å². The molecule has 1 aliphatic heterocycles. The Labute approximate surface area is 187 Å². The van der Waals surface area contributed by atoms with Crippen LogP contribution in [0.1, 0.15) is 30.8 Å². The van der Waals surface area contributed by atoms with Gasteiger partial charge >= 0.3 is 0 Å². The lowest BCUT2D eigenvalue weighted by atomic mass is 10.1. The number of carbonyl (C=O) groups is 1. The number of aryl methyl sites for hydroxylation is 2. The molecule has 1 unspecified atom stereocenters. The highest BCUT2D eigenvalue weighted by Gasteiger charge is 2.20. The van der Waals surface area contributed by atoms with Gasteiger partial charge in [0, 0.05) is 34.0 Å². The van der Waals surface area contributed by atoms with Crippen LogP contribution in [0.4, 0.5) is 0 Å².